The van der Waals surface area contributed by atoms with E-state index in [1.165, 1.54) is 21.8 Å². The summed E-state index contributed by atoms with van der Waals surface area (Å²) in [7, 11) is 0. The van der Waals surface area contributed by atoms with E-state index in [0.717, 1.165) is 19.3 Å². The van der Waals surface area contributed by atoms with Gasteiger partial charge in [0.25, 0.3) is 5.56 Å². The molecule has 1 atom stereocenters. The van der Waals surface area contributed by atoms with Crippen LogP contribution in [0.4, 0.5) is 0 Å². The lowest BCUT2D eigenvalue weighted by Gasteiger charge is -2.25. The van der Waals surface area contributed by atoms with Gasteiger partial charge in [0.15, 0.2) is 0 Å². The molecule has 0 radical (unpaired) electrons. The zero-order chi connectivity index (χ0) is 14.8. The minimum absolute atomic E-state index is 0.201. The molecule has 0 aliphatic heterocycles. The Balaban J connectivity index is 1.99. The summed E-state index contributed by atoms with van der Waals surface area (Å²) in [5, 5.41) is 0. The van der Waals surface area contributed by atoms with Gasteiger partial charge in [0.2, 0.25) is 0 Å². The molecule has 0 N–H and O–H groups in total. The third-order valence-corrected chi connectivity index (χ3v) is 4.38. The lowest BCUT2D eigenvalue weighted by atomic mass is 9.83. The SMILES string of the molecule is CCn1ccc(=O)n(CC2CCCc3ccccc32)c1=O. The van der Waals surface area contributed by atoms with Gasteiger partial charge in [-0.15, -0.1) is 0 Å². The van der Waals surface area contributed by atoms with E-state index in [1.54, 1.807) is 10.8 Å². The van der Waals surface area contributed by atoms with Crippen LogP contribution in [0.15, 0.2) is 46.1 Å². The van der Waals surface area contributed by atoms with Crippen LogP contribution in [0.3, 0.4) is 0 Å². The van der Waals surface area contributed by atoms with Crippen molar-refractivity contribution in [1.29, 1.82) is 0 Å². The Morgan fingerprint density at radius 1 is 1.19 bits per heavy atom. The molecule has 1 aliphatic carbocycles. The molecule has 0 amide bonds. The fourth-order valence-corrected chi connectivity index (χ4v) is 3.23. The predicted molar refractivity (Wildman–Crippen MR) is 82.8 cm³/mol. The van der Waals surface area contributed by atoms with Crippen molar-refractivity contribution in [3.05, 3.63) is 68.5 Å². The van der Waals surface area contributed by atoms with Crippen LogP contribution in [-0.4, -0.2) is 9.13 Å². The molecule has 0 saturated carbocycles. The molecule has 3 rings (SSSR count). The number of hydrogen-bond donors (Lipinski definition) is 0. The van der Waals surface area contributed by atoms with E-state index in [-0.39, 0.29) is 17.2 Å². The van der Waals surface area contributed by atoms with Gasteiger partial charge in [-0.3, -0.25) is 9.36 Å². The number of rotatable bonds is 3. The molecule has 4 heteroatoms. The van der Waals surface area contributed by atoms with Gasteiger partial charge in [-0.2, -0.15) is 0 Å². The van der Waals surface area contributed by atoms with Crippen LogP contribution in [0.2, 0.25) is 0 Å². The third-order valence-electron chi connectivity index (χ3n) is 4.38. The predicted octanol–water partition coefficient (Wildman–Crippen LogP) is 2.15. The second-order valence-electron chi connectivity index (χ2n) is 5.62. The summed E-state index contributed by atoms with van der Waals surface area (Å²) >= 11 is 0. The van der Waals surface area contributed by atoms with E-state index in [0.29, 0.717) is 13.1 Å². The molecule has 1 aliphatic rings. The number of aryl methyl sites for hydroxylation is 2. The summed E-state index contributed by atoms with van der Waals surface area (Å²) in [6, 6.07) is 9.86. The van der Waals surface area contributed by atoms with E-state index in [2.05, 4.69) is 18.2 Å². The first-order valence-corrected chi connectivity index (χ1v) is 7.58. The minimum atomic E-state index is -0.201. The van der Waals surface area contributed by atoms with Gasteiger partial charge in [0.1, 0.15) is 0 Å². The van der Waals surface area contributed by atoms with Crippen molar-refractivity contribution in [1.82, 2.24) is 9.13 Å². The molecule has 0 saturated heterocycles. The maximum absolute atomic E-state index is 12.3. The molecule has 0 bridgehead atoms. The Labute approximate surface area is 123 Å². The molecular weight excluding hydrogens is 264 g/mol. The maximum Gasteiger partial charge on any atom is 0.330 e. The first kappa shape index (κ1) is 13.9. The van der Waals surface area contributed by atoms with E-state index < -0.39 is 0 Å². The number of aromatic nitrogens is 2. The van der Waals surface area contributed by atoms with Gasteiger partial charge in [0, 0.05) is 31.3 Å². The van der Waals surface area contributed by atoms with Crippen LogP contribution in [0.25, 0.3) is 0 Å². The Bertz CT molecular complexity index is 758. The van der Waals surface area contributed by atoms with Crippen LogP contribution in [0.5, 0.6) is 0 Å². The van der Waals surface area contributed by atoms with Crippen molar-refractivity contribution in [2.45, 2.75) is 45.2 Å². The number of hydrogen-bond acceptors (Lipinski definition) is 2. The molecule has 1 unspecified atom stereocenters. The minimum Gasteiger partial charge on any atom is -0.301 e. The largest absolute Gasteiger partial charge is 0.330 e. The van der Waals surface area contributed by atoms with Crippen LogP contribution in [0, 0.1) is 0 Å². The molecule has 1 heterocycles. The first-order chi connectivity index (χ1) is 10.2. The third kappa shape index (κ3) is 2.58. The van der Waals surface area contributed by atoms with Crippen molar-refractivity contribution < 1.29 is 0 Å². The highest BCUT2D eigenvalue weighted by Crippen LogP contribution is 2.31. The summed E-state index contributed by atoms with van der Waals surface area (Å²) in [6.45, 7) is 2.97. The van der Waals surface area contributed by atoms with Gasteiger partial charge in [-0.1, -0.05) is 24.3 Å². The average Bonchev–Trinajstić information content (AvgIpc) is 2.52. The number of nitrogens with zero attached hydrogens (tertiary/aromatic N) is 2. The quantitative estimate of drug-likeness (QED) is 0.867. The van der Waals surface area contributed by atoms with Crippen molar-refractivity contribution in [2.24, 2.45) is 0 Å². The molecule has 4 nitrogen and oxygen atoms in total. The van der Waals surface area contributed by atoms with E-state index in [4.69, 9.17) is 0 Å². The van der Waals surface area contributed by atoms with Crippen LogP contribution < -0.4 is 11.2 Å². The molecule has 1 aromatic heterocycles. The molecule has 2 aromatic rings. The van der Waals surface area contributed by atoms with Gasteiger partial charge in [0.05, 0.1) is 0 Å². The summed E-state index contributed by atoms with van der Waals surface area (Å²) in [6.07, 6.45) is 4.82. The van der Waals surface area contributed by atoms with Crippen molar-refractivity contribution >= 4 is 0 Å². The second-order valence-corrected chi connectivity index (χ2v) is 5.62. The van der Waals surface area contributed by atoms with Crippen molar-refractivity contribution in [3.63, 3.8) is 0 Å². The summed E-state index contributed by atoms with van der Waals surface area (Å²) in [5.41, 5.74) is 2.25. The Hall–Kier alpha value is -2.10. The summed E-state index contributed by atoms with van der Waals surface area (Å²) < 4.78 is 2.96. The number of fused-ring (bicyclic) bond motifs is 1. The lowest BCUT2D eigenvalue weighted by molar-refractivity contribution is 0.451. The van der Waals surface area contributed by atoms with Gasteiger partial charge in [-0.05, 0) is 37.3 Å². The normalized spacial score (nSPS) is 17.5. The zero-order valence-electron chi connectivity index (χ0n) is 12.3. The van der Waals surface area contributed by atoms with Crippen molar-refractivity contribution in [3.8, 4) is 0 Å². The maximum atomic E-state index is 12.3. The smallest absolute Gasteiger partial charge is 0.301 e. The van der Waals surface area contributed by atoms with Crippen molar-refractivity contribution in [2.75, 3.05) is 0 Å². The summed E-state index contributed by atoms with van der Waals surface area (Å²) in [5.74, 6) is 0.257. The number of benzene rings is 1. The molecular formula is C17H20N2O2. The van der Waals surface area contributed by atoms with E-state index in [1.807, 2.05) is 13.0 Å². The molecule has 21 heavy (non-hydrogen) atoms. The Kier molecular flexibility index (Phi) is 3.78. The zero-order valence-corrected chi connectivity index (χ0v) is 12.3. The highest BCUT2D eigenvalue weighted by molar-refractivity contribution is 5.32. The van der Waals surface area contributed by atoms with Crippen LogP contribution >= 0.6 is 0 Å². The monoisotopic (exact) mass is 284 g/mol. The lowest BCUT2D eigenvalue weighted by Crippen LogP contribution is -2.40. The van der Waals surface area contributed by atoms with Gasteiger partial charge >= 0.3 is 5.69 Å². The van der Waals surface area contributed by atoms with Gasteiger partial charge in [-0.25, -0.2) is 4.79 Å². The highest BCUT2D eigenvalue weighted by Gasteiger charge is 2.21. The van der Waals surface area contributed by atoms with Gasteiger partial charge < -0.3 is 4.57 Å². The van der Waals surface area contributed by atoms with E-state index in [9.17, 15) is 9.59 Å². The van der Waals surface area contributed by atoms with Crippen LogP contribution in [0.1, 0.15) is 36.8 Å². The molecule has 1 aromatic carbocycles. The highest BCUT2D eigenvalue weighted by atomic mass is 16.2. The topological polar surface area (TPSA) is 44.0 Å². The fourth-order valence-electron chi connectivity index (χ4n) is 3.23. The first-order valence-electron chi connectivity index (χ1n) is 7.58. The molecule has 0 fully saturated rings. The summed E-state index contributed by atoms with van der Waals surface area (Å²) in [4.78, 5) is 24.4. The van der Waals surface area contributed by atoms with Crippen LogP contribution in [-0.2, 0) is 19.5 Å². The van der Waals surface area contributed by atoms with E-state index >= 15 is 0 Å². The fraction of sp³-hybridized carbons (Fsp3) is 0.412. The standard InChI is InChI=1S/C17H20N2O2/c1-2-18-11-10-16(20)19(17(18)21)12-14-8-5-7-13-6-3-4-9-15(13)14/h3-4,6,9-11,14H,2,5,7-8,12H2,1H3. The Morgan fingerprint density at radius 2 is 2.00 bits per heavy atom. The second kappa shape index (κ2) is 5.72. The molecule has 0 spiro atoms. The molecule has 110 valence electrons. The Morgan fingerprint density at radius 3 is 2.81 bits per heavy atom. The average molecular weight is 284 g/mol.